The van der Waals surface area contributed by atoms with Crippen LogP contribution in [-0.2, 0) is 0 Å². The Bertz CT molecular complexity index is 629. The lowest BCUT2D eigenvalue weighted by molar-refractivity contribution is 0.106. The van der Waals surface area contributed by atoms with E-state index in [0.29, 0.717) is 0 Å². The minimum atomic E-state index is -0.231. The minimum Gasteiger partial charge on any atom is -0.301 e. The van der Waals surface area contributed by atoms with Crippen LogP contribution in [0.5, 0.6) is 0 Å². The molecular weight excluding hydrogens is 330 g/mol. The van der Waals surface area contributed by atoms with E-state index in [4.69, 9.17) is 0 Å². The van der Waals surface area contributed by atoms with E-state index in [1.165, 1.54) is 30.7 Å². The van der Waals surface area contributed by atoms with E-state index in [1.54, 1.807) is 0 Å². The molecule has 4 heteroatoms. The molecule has 0 spiro atoms. The molecule has 0 unspecified atom stereocenters. The van der Waals surface area contributed by atoms with Gasteiger partial charge in [0.15, 0.2) is 0 Å². The van der Waals surface area contributed by atoms with Crippen LogP contribution in [0.25, 0.3) is 0 Å². The predicted molar refractivity (Wildman–Crippen MR) is 102 cm³/mol. The number of piperazine rings is 1. The van der Waals surface area contributed by atoms with Gasteiger partial charge in [0.1, 0.15) is 11.6 Å². The largest absolute Gasteiger partial charge is 0.301 e. The number of hydrogen-bond donors (Lipinski definition) is 0. The zero-order chi connectivity index (χ0) is 18.5. The maximum atomic E-state index is 13.4. The van der Waals surface area contributed by atoms with Gasteiger partial charge in [0.25, 0.3) is 0 Å². The molecule has 3 rings (SSSR count). The van der Waals surface area contributed by atoms with Crippen molar-refractivity contribution >= 4 is 0 Å². The van der Waals surface area contributed by atoms with Gasteiger partial charge in [-0.3, -0.25) is 4.90 Å². The van der Waals surface area contributed by atoms with Crippen molar-refractivity contribution in [3.63, 3.8) is 0 Å². The molecule has 0 atom stereocenters. The highest BCUT2D eigenvalue weighted by Gasteiger charge is 2.26. The van der Waals surface area contributed by atoms with Crippen molar-refractivity contribution in [2.75, 3.05) is 32.7 Å². The van der Waals surface area contributed by atoms with E-state index >= 15 is 0 Å². The fraction of sp³-hybridized carbons (Fsp3) is 0.455. The van der Waals surface area contributed by atoms with Crippen LogP contribution >= 0.6 is 0 Å². The standard InChI is InChI=1S/C22H28F2N2/c1-17(2)11-12-25-13-15-26(16-14-25)22(18-3-7-20(23)8-4-18)19-5-9-21(24)10-6-19/h3-10,17,22H,11-16H2,1-2H3. The number of hydrogen-bond acceptors (Lipinski definition) is 2. The van der Waals surface area contributed by atoms with Crippen molar-refractivity contribution in [2.24, 2.45) is 5.92 Å². The maximum absolute atomic E-state index is 13.4. The van der Waals surface area contributed by atoms with E-state index in [9.17, 15) is 8.78 Å². The van der Waals surface area contributed by atoms with Gasteiger partial charge in [-0.1, -0.05) is 38.1 Å². The lowest BCUT2D eigenvalue weighted by Crippen LogP contribution is -2.48. The first-order valence-corrected chi connectivity index (χ1v) is 9.50. The Morgan fingerprint density at radius 3 is 1.65 bits per heavy atom. The van der Waals surface area contributed by atoms with Gasteiger partial charge in [-0.05, 0) is 54.3 Å². The molecule has 2 nitrogen and oxygen atoms in total. The average molecular weight is 358 g/mol. The fourth-order valence-electron chi connectivity index (χ4n) is 3.59. The summed E-state index contributed by atoms with van der Waals surface area (Å²) in [7, 11) is 0. The summed E-state index contributed by atoms with van der Waals surface area (Å²) in [4.78, 5) is 4.94. The van der Waals surface area contributed by atoms with Crippen LogP contribution in [0.4, 0.5) is 8.78 Å². The van der Waals surface area contributed by atoms with Crippen molar-refractivity contribution in [3.05, 3.63) is 71.3 Å². The monoisotopic (exact) mass is 358 g/mol. The molecule has 1 heterocycles. The molecule has 1 aliphatic heterocycles. The van der Waals surface area contributed by atoms with Gasteiger partial charge in [-0.25, -0.2) is 8.78 Å². The van der Waals surface area contributed by atoms with Gasteiger partial charge in [-0.15, -0.1) is 0 Å². The molecular formula is C22H28F2N2. The second-order valence-electron chi connectivity index (χ2n) is 7.57. The highest BCUT2D eigenvalue weighted by Crippen LogP contribution is 2.30. The molecule has 1 aliphatic rings. The van der Waals surface area contributed by atoms with Crippen molar-refractivity contribution in [1.82, 2.24) is 9.80 Å². The van der Waals surface area contributed by atoms with Crippen molar-refractivity contribution in [1.29, 1.82) is 0 Å². The summed E-state index contributed by atoms with van der Waals surface area (Å²) in [6.45, 7) is 9.64. The Hall–Kier alpha value is -1.78. The SMILES string of the molecule is CC(C)CCN1CCN(C(c2ccc(F)cc2)c2ccc(F)cc2)CC1. The predicted octanol–water partition coefficient (Wildman–Crippen LogP) is 4.72. The molecule has 0 bridgehead atoms. The minimum absolute atomic E-state index is 0.0310. The Morgan fingerprint density at radius 1 is 0.769 bits per heavy atom. The molecule has 0 saturated carbocycles. The quantitative estimate of drug-likeness (QED) is 0.737. The zero-order valence-electron chi connectivity index (χ0n) is 15.7. The first-order chi connectivity index (χ1) is 12.5. The topological polar surface area (TPSA) is 6.48 Å². The summed E-state index contributed by atoms with van der Waals surface area (Å²) in [6.07, 6.45) is 1.22. The van der Waals surface area contributed by atoms with Crippen LogP contribution in [0.15, 0.2) is 48.5 Å². The van der Waals surface area contributed by atoms with Crippen molar-refractivity contribution < 1.29 is 8.78 Å². The lowest BCUT2D eigenvalue weighted by atomic mass is 9.96. The molecule has 0 radical (unpaired) electrons. The molecule has 26 heavy (non-hydrogen) atoms. The molecule has 0 amide bonds. The van der Waals surface area contributed by atoms with Crippen LogP contribution < -0.4 is 0 Å². The van der Waals surface area contributed by atoms with Gasteiger partial charge in [0, 0.05) is 26.2 Å². The highest BCUT2D eigenvalue weighted by molar-refractivity contribution is 5.32. The molecule has 1 saturated heterocycles. The molecule has 0 aliphatic carbocycles. The van der Waals surface area contributed by atoms with Crippen LogP contribution in [-0.4, -0.2) is 42.5 Å². The first-order valence-electron chi connectivity index (χ1n) is 9.50. The summed E-state index contributed by atoms with van der Waals surface area (Å²) in [5, 5.41) is 0. The van der Waals surface area contributed by atoms with E-state index < -0.39 is 0 Å². The Morgan fingerprint density at radius 2 is 1.23 bits per heavy atom. The maximum Gasteiger partial charge on any atom is 0.123 e. The highest BCUT2D eigenvalue weighted by atomic mass is 19.1. The van der Waals surface area contributed by atoms with Gasteiger partial charge in [-0.2, -0.15) is 0 Å². The molecule has 2 aromatic rings. The third-order valence-electron chi connectivity index (χ3n) is 5.17. The Kier molecular flexibility index (Phi) is 6.38. The van der Waals surface area contributed by atoms with Crippen molar-refractivity contribution in [3.8, 4) is 0 Å². The Labute approximate surface area is 155 Å². The van der Waals surface area contributed by atoms with E-state index in [0.717, 1.165) is 49.8 Å². The summed E-state index contributed by atoms with van der Waals surface area (Å²) < 4.78 is 26.8. The van der Waals surface area contributed by atoms with E-state index in [-0.39, 0.29) is 17.7 Å². The smallest absolute Gasteiger partial charge is 0.123 e. The average Bonchev–Trinajstić information content (AvgIpc) is 2.64. The molecule has 2 aromatic carbocycles. The summed E-state index contributed by atoms with van der Waals surface area (Å²) in [6, 6.07) is 13.4. The summed E-state index contributed by atoms with van der Waals surface area (Å²) in [5.74, 6) is 0.259. The van der Waals surface area contributed by atoms with E-state index in [1.807, 2.05) is 24.3 Å². The van der Waals surface area contributed by atoms with Crippen LogP contribution in [0, 0.1) is 17.6 Å². The summed E-state index contributed by atoms with van der Waals surface area (Å²) >= 11 is 0. The molecule has 140 valence electrons. The molecule has 1 fully saturated rings. The van der Waals surface area contributed by atoms with Gasteiger partial charge >= 0.3 is 0 Å². The molecule has 0 N–H and O–H groups in total. The second-order valence-corrected chi connectivity index (χ2v) is 7.57. The lowest BCUT2D eigenvalue weighted by Gasteiger charge is -2.40. The zero-order valence-corrected chi connectivity index (χ0v) is 15.7. The number of benzene rings is 2. The van der Waals surface area contributed by atoms with Crippen LogP contribution in [0.2, 0.25) is 0 Å². The number of halogens is 2. The van der Waals surface area contributed by atoms with Crippen molar-refractivity contribution in [2.45, 2.75) is 26.3 Å². The number of nitrogens with zero attached hydrogens (tertiary/aromatic N) is 2. The third kappa shape index (κ3) is 4.89. The van der Waals surface area contributed by atoms with Gasteiger partial charge in [0.05, 0.1) is 6.04 Å². The number of rotatable bonds is 6. The third-order valence-corrected chi connectivity index (χ3v) is 5.17. The van der Waals surface area contributed by atoms with E-state index in [2.05, 4.69) is 23.6 Å². The van der Waals surface area contributed by atoms with Gasteiger partial charge < -0.3 is 4.90 Å². The summed E-state index contributed by atoms with van der Waals surface area (Å²) in [5.41, 5.74) is 2.10. The fourth-order valence-corrected chi connectivity index (χ4v) is 3.59. The second kappa shape index (κ2) is 8.74. The van der Waals surface area contributed by atoms with Crippen LogP contribution in [0.1, 0.15) is 37.4 Å². The van der Waals surface area contributed by atoms with Crippen LogP contribution in [0.3, 0.4) is 0 Å². The first kappa shape index (κ1) is 19.0. The normalized spacial score (nSPS) is 16.5. The molecule has 0 aromatic heterocycles. The Balaban J connectivity index is 1.76. The van der Waals surface area contributed by atoms with Gasteiger partial charge in [0.2, 0.25) is 0 Å².